The summed E-state index contributed by atoms with van der Waals surface area (Å²) in [6.45, 7) is 10.9. The number of esters is 1. The number of aliphatic hydroxyl groups is 2. The highest BCUT2D eigenvalue weighted by Gasteiger charge is 2.37. The molecular formula is C44H69N7O9. The number of imidazole rings is 1. The second-order valence-electron chi connectivity index (χ2n) is 17.9. The fraction of sp³-hybridized carbons (Fsp3) is 0.682. The Labute approximate surface area is 354 Å². The summed E-state index contributed by atoms with van der Waals surface area (Å²) in [5, 5.41) is 30.7. The third kappa shape index (κ3) is 15.4. The first kappa shape index (κ1) is 48.0. The molecule has 1 saturated heterocycles. The number of likely N-dealkylation sites (N-methyl/N-ethyl adjacent to an activating group) is 1. The Balaban J connectivity index is 1.47. The molecule has 2 unspecified atom stereocenters. The maximum absolute atomic E-state index is 14.6. The van der Waals surface area contributed by atoms with Crippen molar-refractivity contribution in [3.63, 3.8) is 0 Å². The van der Waals surface area contributed by atoms with E-state index in [9.17, 15) is 34.2 Å². The zero-order chi connectivity index (χ0) is 44.0. The Kier molecular flexibility index (Phi) is 18.2. The van der Waals surface area contributed by atoms with E-state index in [2.05, 4.69) is 25.9 Å². The van der Waals surface area contributed by atoms with Crippen molar-refractivity contribution in [2.24, 2.45) is 11.8 Å². The molecule has 16 heteroatoms. The van der Waals surface area contributed by atoms with Gasteiger partial charge in [-0.15, -0.1) is 0 Å². The van der Waals surface area contributed by atoms with Gasteiger partial charge in [-0.3, -0.25) is 9.59 Å². The molecule has 16 nitrogen and oxygen atoms in total. The fourth-order valence-electron chi connectivity index (χ4n) is 7.74. The Morgan fingerprint density at radius 1 is 0.917 bits per heavy atom. The first-order valence-electron chi connectivity index (χ1n) is 21.6. The van der Waals surface area contributed by atoms with E-state index >= 15 is 0 Å². The van der Waals surface area contributed by atoms with Crippen LogP contribution in [0.1, 0.15) is 111 Å². The van der Waals surface area contributed by atoms with Crippen LogP contribution in [0.3, 0.4) is 0 Å². The molecule has 0 radical (unpaired) electrons. The van der Waals surface area contributed by atoms with Gasteiger partial charge in [0.15, 0.2) is 0 Å². The van der Waals surface area contributed by atoms with Crippen LogP contribution >= 0.6 is 0 Å². The molecule has 2 fully saturated rings. The molecule has 60 heavy (non-hydrogen) atoms. The number of aliphatic hydroxyl groups excluding tert-OH is 2. The number of urea groups is 1. The van der Waals surface area contributed by atoms with Crippen LogP contribution in [-0.2, 0) is 36.7 Å². The van der Waals surface area contributed by atoms with Gasteiger partial charge in [0.25, 0.3) is 0 Å². The van der Waals surface area contributed by atoms with Gasteiger partial charge < -0.3 is 50.4 Å². The Morgan fingerprint density at radius 2 is 1.58 bits per heavy atom. The normalized spacial score (nSPS) is 18.3. The molecule has 334 valence electrons. The van der Waals surface area contributed by atoms with Crippen molar-refractivity contribution in [3.8, 4) is 0 Å². The van der Waals surface area contributed by atoms with Crippen molar-refractivity contribution in [1.29, 1.82) is 0 Å². The zero-order valence-electron chi connectivity index (χ0n) is 36.5. The summed E-state index contributed by atoms with van der Waals surface area (Å²) in [5.41, 5.74) is 0.702. The van der Waals surface area contributed by atoms with Crippen molar-refractivity contribution >= 4 is 29.9 Å². The number of alkyl carbamates (subject to hydrolysis) is 1. The maximum atomic E-state index is 14.6. The molecule has 1 saturated carbocycles. The van der Waals surface area contributed by atoms with Gasteiger partial charge in [-0.1, -0.05) is 76.3 Å². The van der Waals surface area contributed by atoms with E-state index in [0.717, 1.165) is 37.7 Å². The summed E-state index contributed by atoms with van der Waals surface area (Å²) >= 11 is 0. The molecular weight excluding hydrogens is 771 g/mol. The number of hydrogen-bond acceptors (Lipinski definition) is 10. The standard InChI is InChI=1S/C44H69N7O9/c1-28(2)37(52)25-38(53)34(22-30-14-10-8-11-15-30)48-39(54)36(24-32-26-45-27-46-32)50(7)40(55)35(23-31-16-12-9-13-17-31)49-42(57)51-20-18-33(19-21-51)59-41(56)29(3)47-43(58)60-44(4,5)6/h9,12-13,16-17,26-30,33-38,52-53H,8,10-11,14-15,18-25H2,1-7H3,(H,45,46)(H,47,58)(H,48,54)(H,49,57)/t29-,34-,35-,36-,37?,38?/m0/s1. The summed E-state index contributed by atoms with van der Waals surface area (Å²) < 4.78 is 10.9. The number of carbonyl (C=O) groups is 5. The van der Waals surface area contributed by atoms with E-state index in [0.29, 0.717) is 30.9 Å². The maximum Gasteiger partial charge on any atom is 0.408 e. The molecule has 5 amide bonds. The lowest BCUT2D eigenvalue weighted by Gasteiger charge is -2.36. The predicted octanol–water partition coefficient (Wildman–Crippen LogP) is 4.24. The lowest BCUT2D eigenvalue weighted by atomic mass is 9.82. The van der Waals surface area contributed by atoms with Crippen molar-refractivity contribution in [1.82, 2.24) is 35.7 Å². The van der Waals surface area contributed by atoms with Crippen LogP contribution in [0.4, 0.5) is 9.59 Å². The molecule has 2 heterocycles. The highest BCUT2D eigenvalue weighted by Crippen LogP contribution is 2.29. The number of benzene rings is 1. The van der Waals surface area contributed by atoms with Crippen molar-refractivity contribution in [2.45, 2.75) is 160 Å². The van der Waals surface area contributed by atoms with Gasteiger partial charge in [-0.25, -0.2) is 19.4 Å². The second kappa shape index (κ2) is 22.8. The largest absolute Gasteiger partial charge is 0.461 e. The van der Waals surface area contributed by atoms with Gasteiger partial charge in [0, 0.05) is 64.1 Å². The SMILES string of the molecule is CC(C)C(O)CC(O)[C@H](CC1CCCCC1)NC(=O)[C@H](Cc1cnc[nH]1)N(C)C(=O)[C@H](Cc1ccccc1)NC(=O)N1CCC(OC(=O)[C@H](C)NC(=O)OC(C)(C)C)CC1. The van der Waals surface area contributed by atoms with Gasteiger partial charge in [0.2, 0.25) is 11.8 Å². The number of piperidine rings is 1. The average Bonchev–Trinajstić information content (AvgIpc) is 3.72. The van der Waals surface area contributed by atoms with Crippen LogP contribution in [0, 0.1) is 11.8 Å². The summed E-state index contributed by atoms with van der Waals surface area (Å²) in [5.74, 6) is -1.32. The minimum Gasteiger partial charge on any atom is -0.461 e. The number of likely N-dealkylation sites (tertiary alicyclic amines) is 1. The molecule has 1 aromatic carbocycles. The molecule has 0 bridgehead atoms. The number of nitrogens with one attached hydrogen (secondary N) is 4. The molecule has 6 N–H and O–H groups in total. The molecule has 1 aliphatic heterocycles. The van der Waals surface area contributed by atoms with Crippen LogP contribution in [-0.4, -0.2) is 128 Å². The summed E-state index contributed by atoms with van der Waals surface area (Å²) in [4.78, 5) is 77.8. The molecule has 4 rings (SSSR count). The van der Waals surface area contributed by atoms with Crippen LogP contribution in [0.15, 0.2) is 42.9 Å². The Bertz CT molecular complexity index is 1660. The molecule has 1 aliphatic carbocycles. The number of nitrogens with zero attached hydrogens (tertiary/aromatic N) is 3. The summed E-state index contributed by atoms with van der Waals surface area (Å²) in [6, 6.07) is 5.13. The van der Waals surface area contributed by atoms with Crippen molar-refractivity contribution < 1.29 is 43.7 Å². The first-order chi connectivity index (χ1) is 28.4. The lowest BCUT2D eigenvalue weighted by molar-refractivity contribution is -0.153. The molecule has 0 spiro atoms. The molecule has 1 aromatic heterocycles. The van der Waals surface area contributed by atoms with Gasteiger partial charge in [0.1, 0.15) is 29.8 Å². The van der Waals surface area contributed by atoms with Crippen molar-refractivity contribution in [2.75, 3.05) is 20.1 Å². The smallest absolute Gasteiger partial charge is 0.408 e. The number of hydrogen-bond donors (Lipinski definition) is 6. The van der Waals surface area contributed by atoms with Crippen molar-refractivity contribution in [3.05, 3.63) is 54.1 Å². The summed E-state index contributed by atoms with van der Waals surface area (Å²) in [7, 11) is 1.54. The zero-order valence-corrected chi connectivity index (χ0v) is 36.5. The van der Waals surface area contributed by atoms with Gasteiger partial charge in [-0.2, -0.15) is 0 Å². The predicted molar refractivity (Wildman–Crippen MR) is 225 cm³/mol. The highest BCUT2D eigenvalue weighted by atomic mass is 16.6. The number of aromatic nitrogens is 2. The Morgan fingerprint density at radius 3 is 2.18 bits per heavy atom. The van der Waals surface area contributed by atoms with Crippen LogP contribution < -0.4 is 16.0 Å². The molecule has 2 aliphatic rings. The number of H-pyrrole nitrogens is 1. The number of carbonyl (C=O) groups excluding carboxylic acids is 5. The fourth-order valence-corrected chi connectivity index (χ4v) is 7.74. The Hall–Kier alpha value is -4.70. The minimum atomic E-state index is -1.05. The van der Waals surface area contributed by atoms with E-state index in [1.54, 1.807) is 38.9 Å². The molecule has 6 atom stereocenters. The average molecular weight is 840 g/mol. The topological polar surface area (TPSA) is 216 Å². The van der Waals surface area contributed by atoms with Crippen LogP contribution in [0.25, 0.3) is 0 Å². The number of amides is 5. The van der Waals surface area contributed by atoms with E-state index in [1.807, 2.05) is 44.2 Å². The van der Waals surface area contributed by atoms with Gasteiger partial charge in [0.05, 0.1) is 24.6 Å². The number of ether oxygens (including phenoxy) is 2. The van der Waals surface area contributed by atoms with Gasteiger partial charge >= 0.3 is 18.1 Å². The lowest BCUT2D eigenvalue weighted by Crippen LogP contribution is -2.59. The van der Waals surface area contributed by atoms with E-state index in [4.69, 9.17) is 9.47 Å². The van der Waals surface area contributed by atoms with E-state index in [-0.39, 0.29) is 38.3 Å². The van der Waals surface area contributed by atoms with Gasteiger partial charge in [-0.05, 0) is 51.5 Å². The van der Waals surface area contributed by atoms with E-state index < -0.39 is 78.0 Å². The summed E-state index contributed by atoms with van der Waals surface area (Å²) in [6.07, 6.45) is 7.06. The van der Waals surface area contributed by atoms with Crippen LogP contribution in [0.5, 0.6) is 0 Å². The highest BCUT2D eigenvalue weighted by molar-refractivity contribution is 5.92. The number of rotatable bonds is 18. The quantitative estimate of drug-likeness (QED) is 0.117. The monoisotopic (exact) mass is 840 g/mol. The first-order valence-corrected chi connectivity index (χ1v) is 21.6. The third-order valence-electron chi connectivity index (χ3n) is 11.4. The molecule has 2 aromatic rings. The van der Waals surface area contributed by atoms with E-state index in [1.165, 1.54) is 18.2 Å². The third-order valence-corrected chi connectivity index (χ3v) is 11.4. The number of aromatic amines is 1. The van der Waals surface area contributed by atoms with Crippen LogP contribution in [0.2, 0.25) is 0 Å². The second-order valence-corrected chi connectivity index (χ2v) is 17.9. The minimum absolute atomic E-state index is 0.0770.